The maximum atomic E-state index is 13.9. The van der Waals surface area contributed by atoms with E-state index in [0.717, 1.165) is 23.8 Å². The first-order valence-corrected chi connectivity index (χ1v) is 11.4. The number of hydrogen-bond donors (Lipinski definition) is 2. The van der Waals surface area contributed by atoms with E-state index in [2.05, 4.69) is 0 Å². The zero-order chi connectivity index (χ0) is 24.0. The van der Waals surface area contributed by atoms with E-state index in [0.29, 0.717) is 45.2 Å². The topological polar surface area (TPSA) is 84.3 Å². The van der Waals surface area contributed by atoms with Crippen molar-refractivity contribution in [3.63, 3.8) is 0 Å². The Kier molecular flexibility index (Phi) is 6.24. The molecule has 10 heteroatoms. The molecule has 2 saturated heterocycles. The van der Waals surface area contributed by atoms with Crippen molar-refractivity contribution in [2.24, 2.45) is 5.41 Å². The van der Waals surface area contributed by atoms with Gasteiger partial charge in [0.1, 0.15) is 0 Å². The van der Waals surface area contributed by atoms with Crippen LogP contribution in [0.5, 0.6) is 0 Å². The first-order chi connectivity index (χ1) is 15.5. The normalized spacial score (nSPS) is 28.5. The van der Waals surface area contributed by atoms with Crippen LogP contribution in [0.1, 0.15) is 50.5 Å². The summed E-state index contributed by atoms with van der Waals surface area (Å²) < 4.78 is 41.8. The van der Waals surface area contributed by atoms with E-state index in [1.807, 2.05) is 4.90 Å². The number of carboxylic acid groups (broad SMARTS) is 1. The third-order valence-electron chi connectivity index (χ3n) is 7.53. The van der Waals surface area contributed by atoms with Crippen molar-refractivity contribution in [1.82, 2.24) is 4.90 Å². The Morgan fingerprint density at radius 2 is 1.85 bits per heavy atom. The van der Waals surface area contributed by atoms with Gasteiger partial charge in [-0.2, -0.15) is 13.2 Å². The van der Waals surface area contributed by atoms with E-state index < -0.39 is 23.2 Å². The molecule has 0 aromatic heterocycles. The highest BCUT2D eigenvalue weighted by Crippen LogP contribution is 2.46. The SMILES string of the molecule is CN(C(=O)O)c1ccc(N2CCC[C@]3(CCN(C4CCC(O)CC4)C3=O)C2)c(C(F)(F)F)c1. The van der Waals surface area contributed by atoms with Gasteiger partial charge in [0.15, 0.2) is 0 Å². The minimum atomic E-state index is -4.66. The molecule has 0 bridgehead atoms. The molecule has 2 N–H and O–H groups in total. The lowest BCUT2D eigenvalue weighted by atomic mass is 9.78. The first kappa shape index (κ1) is 23.7. The number of amides is 2. The molecule has 2 heterocycles. The molecule has 1 aromatic rings. The van der Waals surface area contributed by atoms with Gasteiger partial charge in [0.25, 0.3) is 0 Å². The predicted molar refractivity (Wildman–Crippen MR) is 116 cm³/mol. The molecule has 7 nitrogen and oxygen atoms in total. The Balaban J connectivity index is 1.58. The molecule has 1 aromatic carbocycles. The Hall–Kier alpha value is -2.49. The second-order valence-electron chi connectivity index (χ2n) is 9.56. The highest BCUT2D eigenvalue weighted by Gasteiger charge is 2.51. The molecule has 0 unspecified atom stereocenters. The van der Waals surface area contributed by atoms with Crippen LogP contribution in [-0.2, 0) is 11.0 Å². The van der Waals surface area contributed by atoms with Gasteiger partial charge in [-0.15, -0.1) is 0 Å². The molecule has 1 saturated carbocycles. The van der Waals surface area contributed by atoms with Gasteiger partial charge in [-0.05, 0) is 63.1 Å². The lowest BCUT2D eigenvalue weighted by Crippen LogP contribution is -2.50. The molecular weight excluding hydrogens is 439 g/mol. The summed E-state index contributed by atoms with van der Waals surface area (Å²) in [5.74, 6) is 0.0179. The number of halogens is 3. The van der Waals surface area contributed by atoms with Gasteiger partial charge in [0.2, 0.25) is 5.91 Å². The number of piperidine rings is 1. The van der Waals surface area contributed by atoms with E-state index in [1.165, 1.54) is 19.2 Å². The molecule has 1 aliphatic carbocycles. The number of anilines is 2. The van der Waals surface area contributed by atoms with Crippen LogP contribution in [-0.4, -0.2) is 65.9 Å². The predicted octanol–water partition coefficient (Wildman–Crippen LogP) is 3.94. The number of carbonyl (C=O) groups excluding carboxylic acids is 1. The van der Waals surface area contributed by atoms with Gasteiger partial charge in [-0.25, -0.2) is 4.79 Å². The number of hydrogen-bond acceptors (Lipinski definition) is 4. The number of aliphatic hydroxyl groups excluding tert-OH is 1. The highest BCUT2D eigenvalue weighted by molar-refractivity contribution is 5.87. The van der Waals surface area contributed by atoms with Crippen molar-refractivity contribution in [3.8, 4) is 0 Å². The van der Waals surface area contributed by atoms with Gasteiger partial charge in [0, 0.05) is 44.1 Å². The number of aliphatic hydroxyl groups is 1. The number of nitrogens with zero attached hydrogens (tertiary/aromatic N) is 3. The first-order valence-electron chi connectivity index (χ1n) is 11.4. The monoisotopic (exact) mass is 469 g/mol. The van der Waals surface area contributed by atoms with Crippen molar-refractivity contribution in [1.29, 1.82) is 0 Å². The molecule has 4 rings (SSSR count). The minimum Gasteiger partial charge on any atom is -0.465 e. The Morgan fingerprint density at radius 1 is 1.15 bits per heavy atom. The minimum absolute atomic E-state index is 0.0175. The number of carbonyl (C=O) groups is 2. The summed E-state index contributed by atoms with van der Waals surface area (Å²) in [6.45, 7) is 1.22. The molecule has 3 fully saturated rings. The van der Waals surface area contributed by atoms with Crippen molar-refractivity contribution in [3.05, 3.63) is 23.8 Å². The maximum absolute atomic E-state index is 13.9. The number of rotatable bonds is 3. The Morgan fingerprint density at radius 3 is 2.48 bits per heavy atom. The van der Waals surface area contributed by atoms with E-state index in [9.17, 15) is 27.9 Å². The van der Waals surface area contributed by atoms with Crippen LogP contribution in [0.25, 0.3) is 0 Å². The molecule has 2 aliphatic heterocycles. The standard InChI is InChI=1S/C23H30F3N3O4/c1-27(21(32)33)16-5-8-19(18(13-16)23(24,25)26)28-11-2-9-22(14-28)10-12-29(20(22)31)15-3-6-17(30)7-4-15/h5,8,13,15,17,30H,2-4,6-7,9-12,14H2,1H3,(H,32,33)/t15?,17?,22-/m0/s1. The summed E-state index contributed by atoms with van der Waals surface area (Å²) in [6.07, 6.45) is -1.62. The van der Waals surface area contributed by atoms with Crippen molar-refractivity contribution < 1.29 is 33.0 Å². The quantitative estimate of drug-likeness (QED) is 0.701. The molecule has 0 radical (unpaired) electrons. The molecule has 1 spiro atoms. The summed E-state index contributed by atoms with van der Waals surface area (Å²) in [7, 11) is 1.20. The van der Waals surface area contributed by atoms with Crippen LogP contribution in [0.15, 0.2) is 18.2 Å². The van der Waals surface area contributed by atoms with Crippen LogP contribution in [0.4, 0.5) is 29.3 Å². The van der Waals surface area contributed by atoms with Crippen LogP contribution < -0.4 is 9.80 Å². The Labute approximate surface area is 190 Å². The maximum Gasteiger partial charge on any atom is 0.418 e. The van der Waals surface area contributed by atoms with Gasteiger partial charge < -0.3 is 20.0 Å². The van der Waals surface area contributed by atoms with Gasteiger partial charge >= 0.3 is 12.3 Å². The Bertz CT molecular complexity index is 917. The summed E-state index contributed by atoms with van der Waals surface area (Å²) in [5.41, 5.74) is -1.67. The van der Waals surface area contributed by atoms with E-state index in [-0.39, 0.29) is 36.0 Å². The molecule has 1 atom stereocenters. The third-order valence-corrected chi connectivity index (χ3v) is 7.53. The molecular formula is C23H30F3N3O4. The summed E-state index contributed by atoms with van der Waals surface area (Å²) in [6, 6.07) is 3.64. The fourth-order valence-electron chi connectivity index (χ4n) is 5.63. The molecule has 2 amide bonds. The summed E-state index contributed by atoms with van der Waals surface area (Å²) >= 11 is 0. The van der Waals surface area contributed by atoms with Crippen LogP contribution >= 0.6 is 0 Å². The highest BCUT2D eigenvalue weighted by atomic mass is 19.4. The molecule has 3 aliphatic rings. The van der Waals surface area contributed by atoms with Crippen molar-refractivity contribution in [2.45, 2.75) is 63.3 Å². The summed E-state index contributed by atoms with van der Waals surface area (Å²) in [4.78, 5) is 29.0. The zero-order valence-electron chi connectivity index (χ0n) is 18.6. The number of likely N-dealkylation sites (tertiary alicyclic amines) is 1. The lowest BCUT2D eigenvalue weighted by Gasteiger charge is -2.42. The van der Waals surface area contributed by atoms with Crippen molar-refractivity contribution >= 4 is 23.4 Å². The number of alkyl halides is 3. The zero-order valence-corrected chi connectivity index (χ0v) is 18.6. The van der Waals surface area contributed by atoms with E-state index in [4.69, 9.17) is 5.11 Å². The van der Waals surface area contributed by atoms with Crippen LogP contribution in [0, 0.1) is 5.41 Å². The van der Waals surface area contributed by atoms with Crippen LogP contribution in [0.2, 0.25) is 0 Å². The lowest BCUT2D eigenvalue weighted by molar-refractivity contribution is -0.139. The van der Waals surface area contributed by atoms with Gasteiger partial charge in [0.05, 0.1) is 17.1 Å². The second kappa shape index (κ2) is 8.70. The molecule has 33 heavy (non-hydrogen) atoms. The largest absolute Gasteiger partial charge is 0.465 e. The average molecular weight is 470 g/mol. The summed E-state index contributed by atoms with van der Waals surface area (Å²) in [5, 5.41) is 18.9. The molecule has 182 valence electrons. The smallest absolute Gasteiger partial charge is 0.418 e. The number of benzene rings is 1. The van der Waals surface area contributed by atoms with Gasteiger partial charge in [-0.3, -0.25) is 9.69 Å². The van der Waals surface area contributed by atoms with Gasteiger partial charge in [-0.1, -0.05) is 0 Å². The van der Waals surface area contributed by atoms with Crippen molar-refractivity contribution in [2.75, 3.05) is 36.5 Å². The van der Waals surface area contributed by atoms with E-state index in [1.54, 1.807) is 4.90 Å². The fraction of sp³-hybridized carbons (Fsp3) is 0.652. The third kappa shape index (κ3) is 4.49. The fourth-order valence-corrected chi connectivity index (χ4v) is 5.63. The second-order valence-corrected chi connectivity index (χ2v) is 9.56. The van der Waals surface area contributed by atoms with E-state index >= 15 is 0 Å². The van der Waals surface area contributed by atoms with Crippen LogP contribution in [0.3, 0.4) is 0 Å². The average Bonchev–Trinajstić information content (AvgIpc) is 3.08.